The smallest absolute Gasteiger partial charge is 0.247 e. The van der Waals surface area contributed by atoms with Crippen molar-refractivity contribution in [1.29, 1.82) is 0 Å². The van der Waals surface area contributed by atoms with E-state index in [-0.39, 0.29) is 23.7 Å². The third kappa shape index (κ3) is 7.07. The average molecular weight is 659 g/mol. The molecule has 2 amide bonds. The summed E-state index contributed by atoms with van der Waals surface area (Å²) in [4.78, 5) is 45.8. The third-order valence-electron chi connectivity index (χ3n) is 9.47. The molecule has 3 aliphatic heterocycles. The lowest BCUT2D eigenvalue weighted by Gasteiger charge is -2.43. The number of hydrogen-bond acceptors (Lipinski definition) is 10. The fourth-order valence-electron chi connectivity index (χ4n) is 6.83. The second kappa shape index (κ2) is 14.6. The fraction of sp³-hybridized carbons (Fsp3) is 0.429. The predicted molar refractivity (Wildman–Crippen MR) is 183 cm³/mol. The second-order valence-corrected chi connectivity index (χ2v) is 12.4. The summed E-state index contributed by atoms with van der Waals surface area (Å²) in [6.07, 6.45) is 5.21. The van der Waals surface area contributed by atoms with E-state index in [1.165, 1.54) is 12.4 Å². The van der Waals surface area contributed by atoms with Gasteiger partial charge >= 0.3 is 0 Å². The summed E-state index contributed by atoms with van der Waals surface area (Å²) < 4.78 is 20.9. The number of halogens is 1. The van der Waals surface area contributed by atoms with Crippen LogP contribution in [0.2, 0.25) is 0 Å². The molecule has 0 saturated carbocycles. The Kier molecular flexibility index (Phi) is 10.1. The number of carbonyl (C=O) groups is 2. The summed E-state index contributed by atoms with van der Waals surface area (Å²) in [7, 11) is 1.60. The van der Waals surface area contributed by atoms with Crippen molar-refractivity contribution >= 4 is 40.5 Å². The van der Waals surface area contributed by atoms with Gasteiger partial charge in [0.2, 0.25) is 11.8 Å². The Labute approximate surface area is 280 Å². The van der Waals surface area contributed by atoms with Crippen LogP contribution < -0.4 is 25.3 Å². The molecule has 2 aromatic carbocycles. The van der Waals surface area contributed by atoms with E-state index in [4.69, 9.17) is 9.57 Å². The molecule has 0 spiro atoms. The highest BCUT2D eigenvalue weighted by Crippen LogP contribution is 2.41. The summed E-state index contributed by atoms with van der Waals surface area (Å²) in [5.41, 5.74) is 3.19. The molecular formula is C35H43FN8O4. The maximum Gasteiger partial charge on any atom is 0.247 e. The van der Waals surface area contributed by atoms with Gasteiger partial charge in [0.25, 0.3) is 0 Å². The molecule has 48 heavy (non-hydrogen) atoms. The molecular weight excluding hydrogens is 615 g/mol. The summed E-state index contributed by atoms with van der Waals surface area (Å²) in [6, 6.07) is 11.0. The van der Waals surface area contributed by atoms with Crippen LogP contribution in [0.3, 0.4) is 0 Å². The number of benzene rings is 2. The van der Waals surface area contributed by atoms with Crippen molar-refractivity contribution in [1.82, 2.24) is 19.8 Å². The number of nitrogens with one attached hydrogen (secondary N) is 2. The molecule has 3 aliphatic rings. The number of piperazine rings is 1. The molecule has 1 atom stereocenters. The number of ether oxygens (including phenoxy) is 1. The van der Waals surface area contributed by atoms with Gasteiger partial charge in [-0.15, -0.1) is 0 Å². The van der Waals surface area contributed by atoms with E-state index in [1.54, 1.807) is 44.2 Å². The van der Waals surface area contributed by atoms with E-state index in [0.717, 1.165) is 57.8 Å². The van der Waals surface area contributed by atoms with Gasteiger partial charge < -0.3 is 25.2 Å². The molecule has 4 heterocycles. The summed E-state index contributed by atoms with van der Waals surface area (Å²) in [5.74, 6) is 1.08. The number of methoxy groups -OCH3 is 1. The van der Waals surface area contributed by atoms with E-state index in [2.05, 4.69) is 37.0 Å². The third-order valence-corrected chi connectivity index (χ3v) is 9.47. The zero-order chi connectivity index (χ0) is 33.8. The van der Waals surface area contributed by atoms with Crippen LogP contribution in [-0.2, 0) is 14.4 Å². The van der Waals surface area contributed by atoms with Crippen molar-refractivity contribution in [3.05, 3.63) is 72.3 Å². The number of nitrogens with zero attached hydrogens (tertiary/aromatic N) is 6. The Morgan fingerprint density at radius 3 is 2.52 bits per heavy atom. The van der Waals surface area contributed by atoms with Gasteiger partial charge in [0.05, 0.1) is 36.8 Å². The molecule has 3 aromatic rings. The Morgan fingerprint density at radius 1 is 1.04 bits per heavy atom. The maximum absolute atomic E-state index is 15.1. The minimum atomic E-state index is -0.337. The molecule has 254 valence electrons. The first-order chi connectivity index (χ1) is 23.2. The fourth-order valence-corrected chi connectivity index (χ4v) is 6.83. The SMILES string of the molecule is C=CC(=O)Nc1cc(Nc2cc(N3OCC[C@@H]3c3cccc(C)c3F)ncn2)c(OC)cc1N1CCC(N2CCN(C(C)=O)CC2)CC1. The van der Waals surface area contributed by atoms with Crippen LogP contribution >= 0.6 is 0 Å². The van der Waals surface area contributed by atoms with E-state index in [9.17, 15) is 9.59 Å². The number of aryl methyl sites for hydroxylation is 1. The van der Waals surface area contributed by atoms with Gasteiger partial charge in [-0.3, -0.25) is 19.3 Å². The van der Waals surface area contributed by atoms with Crippen molar-refractivity contribution < 1.29 is 23.6 Å². The van der Waals surface area contributed by atoms with E-state index < -0.39 is 0 Å². The van der Waals surface area contributed by atoms with Gasteiger partial charge in [-0.1, -0.05) is 24.8 Å². The monoisotopic (exact) mass is 658 g/mol. The summed E-state index contributed by atoms with van der Waals surface area (Å²) in [6.45, 7) is 12.4. The molecule has 13 heteroatoms. The lowest BCUT2D eigenvalue weighted by molar-refractivity contribution is -0.131. The second-order valence-electron chi connectivity index (χ2n) is 12.4. The number of hydroxylamine groups is 1. The van der Waals surface area contributed by atoms with Crippen molar-refractivity contribution in [2.45, 2.75) is 45.2 Å². The average Bonchev–Trinajstić information content (AvgIpc) is 3.60. The Morgan fingerprint density at radius 2 is 1.81 bits per heavy atom. The molecule has 0 radical (unpaired) electrons. The Bertz CT molecular complexity index is 1660. The molecule has 3 fully saturated rings. The van der Waals surface area contributed by atoms with E-state index >= 15 is 4.39 Å². The minimum absolute atomic E-state index is 0.134. The topological polar surface area (TPSA) is 115 Å². The maximum atomic E-state index is 15.1. The predicted octanol–water partition coefficient (Wildman–Crippen LogP) is 4.82. The highest BCUT2D eigenvalue weighted by atomic mass is 19.1. The Balaban J connectivity index is 1.21. The summed E-state index contributed by atoms with van der Waals surface area (Å²) in [5, 5.41) is 7.93. The van der Waals surface area contributed by atoms with Gasteiger partial charge in [0, 0.05) is 76.4 Å². The molecule has 3 saturated heterocycles. The zero-order valence-corrected chi connectivity index (χ0v) is 27.7. The molecule has 6 rings (SSSR count). The highest BCUT2D eigenvalue weighted by Gasteiger charge is 2.32. The van der Waals surface area contributed by atoms with Crippen molar-refractivity contribution in [3.8, 4) is 5.75 Å². The van der Waals surface area contributed by atoms with Crippen molar-refractivity contribution in [2.24, 2.45) is 0 Å². The quantitative estimate of drug-likeness (QED) is 0.310. The van der Waals surface area contributed by atoms with Crippen LogP contribution in [0.15, 0.2) is 55.4 Å². The van der Waals surface area contributed by atoms with Gasteiger partial charge in [-0.05, 0) is 37.5 Å². The van der Waals surface area contributed by atoms with Crippen LogP contribution in [0.1, 0.15) is 43.4 Å². The molecule has 0 unspecified atom stereocenters. The van der Waals surface area contributed by atoms with Crippen molar-refractivity contribution in [2.75, 3.05) is 73.6 Å². The first-order valence-electron chi connectivity index (χ1n) is 16.4. The van der Waals surface area contributed by atoms with Crippen LogP contribution in [-0.4, -0.2) is 90.6 Å². The number of piperidine rings is 1. The first-order valence-corrected chi connectivity index (χ1v) is 16.4. The highest BCUT2D eigenvalue weighted by molar-refractivity contribution is 6.02. The minimum Gasteiger partial charge on any atom is -0.494 e. The molecule has 1 aromatic heterocycles. The lowest BCUT2D eigenvalue weighted by Crippen LogP contribution is -2.54. The number of carbonyl (C=O) groups excluding carboxylic acids is 2. The van der Waals surface area contributed by atoms with Gasteiger partial charge in [0.1, 0.15) is 23.7 Å². The number of hydrogen-bond donors (Lipinski definition) is 2. The normalized spacial score (nSPS) is 18.9. The number of aromatic nitrogens is 2. The summed E-state index contributed by atoms with van der Waals surface area (Å²) >= 11 is 0. The van der Waals surface area contributed by atoms with Crippen molar-refractivity contribution in [3.63, 3.8) is 0 Å². The first kappa shape index (κ1) is 33.2. The number of amides is 2. The van der Waals surface area contributed by atoms with E-state index in [1.807, 2.05) is 23.1 Å². The Hall–Kier alpha value is -4.75. The van der Waals surface area contributed by atoms with Gasteiger partial charge in [-0.25, -0.2) is 19.4 Å². The molecule has 12 nitrogen and oxygen atoms in total. The molecule has 0 aliphatic carbocycles. The lowest BCUT2D eigenvalue weighted by atomic mass is 10.0. The van der Waals surface area contributed by atoms with Crippen LogP contribution in [0.5, 0.6) is 5.75 Å². The van der Waals surface area contributed by atoms with Crippen LogP contribution in [0, 0.1) is 12.7 Å². The van der Waals surface area contributed by atoms with Gasteiger partial charge in [-0.2, -0.15) is 0 Å². The largest absolute Gasteiger partial charge is 0.494 e. The molecule has 2 N–H and O–H groups in total. The number of rotatable bonds is 9. The van der Waals surface area contributed by atoms with Crippen LogP contribution in [0.4, 0.5) is 33.1 Å². The van der Waals surface area contributed by atoms with E-state index in [0.29, 0.717) is 59.0 Å². The standard InChI is InChI=1S/C35H43FN8O4/c1-5-34(46)40-27-19-28(31(47-4)20-30(27)43-12-9-25(10-13-43)42-16-14-41(15-17-42)24(3)45)39-32-21-33(38-22-37-32)44-29(11-18-48-44)26-8-6-7-23(2)35(26)36/h5-8,19-22,25,29H,1,9-18H2,2-4H3,(H,40,46)(H,37,38,39)/t29-/m1/s1. The van der Waals surface area contributed by atoms with Crippen LogP contribution in [0.25, 0.3) is 0 Å². The van der Waals surface area contributed by atoms with Gasteiger partial charge in [0.15, 0.2) is 5.82 Å². The number of anilines is 5. The zero-order valence-electron chi connectivity index (χ0n) is 27.7. The molecule has 0 bridgehead atoms.